The van der Waals surface area contributed by atoms with Gasteiger partial charge in [-0.2, -0.15) is 0 Å². The van der Waals surface area contributed by atoms with Crippen LogP contribution in [0.4, 0.5) is 10.1 Å². The molecule has 3 rings (SSSR count). The predicted molar refractivity (Wildman–Crippen MR) is 108 cm³/mol. The van der Waals surface area contributed by atoms with Crippen molar-refractivity contribution in [3.63, 3.8) is 0 Å². The first-order chi connectivity index (χ1) is 13.9. The molecule has 0 bridgehead atoms. The lowest BCUT2D eigenvalue weighted by molar-refractivity contribution is -0.862. The van der Waals surface area contributed by atoms with Crippen LogP contribution in [0.3, 0.4) is 0 Å². The molecule has 2 aromatic rings. The van der Waals surface area contributed by atoms with Crippen molar-refractivity contribution in [2.45, 2.75) is 0 Å². The summed E-state index contributed by atoms with van der Waals surface area (Å²) >= 11 is 1.41. The molecule has 0 aliphatic carbocycles. The first-order valence-electron chi connectivity index (χ1n) is 9.39. The largest absolute Gasteiger partial charge is 0.334 e. The van der Waals surface area contributed by atoms with E-state index in [-0.39, 0.29) is 30.8 Å². The van der Waals surface area contributed by atoms with E-state index in [4.69, 9.17) is 0 Å². The van der Waals surface area contributed by atoms with E-state index in [0.29, 0.717) is 36.7 Å². The molecule has 1 aliphatic heterocycles. The number of hydrogen-bond donors (Lipinski definition) is 2. The molecule has 0 saturated carbocycles. The molecule has 1 fully saturated rings. The van der Waals surface area contributed by atoms with Crippen LogP contribution in [-0.2, 0) is 9.59 Å². The van der Waals surface area contributed by atoms with Gasteiger partial charge in [0.1, 0.15) is 5.82 Å². The number of benzene rings is 1. The fourth-order valence-electron chi connectivity index (χ4n) is 3.19. The van der Waals surface area contributed by atoms with E-state index in [1.165, 1.54) is 29.5 Å². The summed E-state index contributed by atoms with van der Waals surface area (Å²) in [7, 11) is 1.76. The van der Waals surface area contributed by atoms with Crippen molar-refractivity contribution in [1.82, 2.24) is 9.80 Å². The summed E-state index contributed by atoms with van der Waals surface area (Å²) in [4.78, 5) is 41.9. The van der Waals surface area contributed by atoms with Crippen LogP contribution >= 0.6 is 11.3 Å². The molecular weight excluding hydrogens is 395 g/mol. The fraction of sp³-hybridized carbons (Fsp3) is 0.350. The summed E-state index contributed by atoms with van der Waals surface area (Å²) in [6.45, 7) is 2.25. The third kappa shape index (κ3) is 5.85. The summed E-state index contributed by atoms with van der Waals surface area (Å²) in [5, 5.41) is 4.50. The minimum Gasteiger partial charge on any atom is -0.334 e. The smallest absolute Gasteiger partial charge is 0.279 e. The number of carbonyl (C=O) groups excluding carboxylic acids is 3. The number of amides is 3. The van der Waals surface area contributed by atoms with E-state index in [1.54, 1.807) is 29.0 Å². The summed E-state index contributed by atoms with van der Waals surface area (Å²) in [5.74, 6) is -0.754. The van der Waals surface area contributed by atoms with Gasteiger partial charge in [0.05, 0.1) is 11.9 Å². The van der Waals surface area contributed by atoms with Crippen molar-refractivity contribution in [1.29, 1.82) is 0 Å². The highest BCUT2D eigenvalue weighted by Crippen LogP contribution is 2.14. The lowest BCUT2D eigenvalue weighted by Crippen LogP contribution is -3.11. The highest BCUT2D eigenvalue weighted by Gasteiger charge is 2.27. The van der Waals surface area contributed by atoms with E-state index in [9.17, 15) is 18.8 Å². The lowest BCUT2D eigenvalue weighted by Gasteiger charge is -2.34. The zero-order chi connectivity index (χ0) is 20.8. The number of rotatable bonds is 6. The molecule has 7 nitrogen and oxygen atoms in total. The lowest BCUT2D eigenvalue weighted by atomic mass is 10.2. The van der Waals surface area contributed by atoms with Gasteiger partial charge in [-0.25, -0.2) is 4.39 Å². The molecule has 1 aromatic heterocycles. The Hall–Kier alpha value is -2.78. The molecule has 1 aromatic carbocycles. The predicted octanol–water partition coefficient (Wildman–Crippen LogP) is 0.325. The molecule has 1 saturated heterocycles. The third-order valence-electron chi connectivity index (χ3n) is 4.68. The Morgan fingerprint density at radius 1 is 1.07 bits per heavy atom. The van der Waals surface area contributed by atoms with Crippen molar-refractivity contribution in [2.24, 2.45) is 0 Å². The molecule has 0 spiro atoms. The number of thiophene rings is 1. The van der Waals surface area contributed by atoms with Gasteiger partial charge in [0.25, 0.3) is 17.7 Å². The highest BCUT2D eigenvalue weighted by molar-refractivity contribution is 7.12. The van der Waals surface area contributed by atoms with Gasteiger partial charge in [-0.15, -0.1) is 11.3 Å². The molecule has 1 aliphatic rings. The molecule has 1 atom stereocenters. The van der Waals surface area contributed by atoms with Gasteiger partial charge < -0.3 is 20.0 Å². The van der Waals surface area contributed by atoms with Gasteiger partial charge in [-0.1, -0.05) is 12.1 Å². The quantitative estimate of drug-likeness (QED) is 0.709. The number of piperazine rings is 1. The van der Waals surface area contributed by atoms with E-state index in [1.807, 2.05) is 11.4 Å². The van der Waals surface area contributed by atoms with Crippen molar-refractivity contribution < 1.29 is 23.7 Å². The minimum absolute atomic E-state index is 0.00358. The van der Waals surface area contributed by atoms with E-state index in [0.717, 1.165) is 4.90 Å². The Morgan fingerprint density at radius 2 is 1.79 bits per heavy atom. The van der Waals surface area contributed by atoms with Crippen LogP contribution in [0.25, 0.3) is 0 Å². The Kier molecular flexibility index (Phi) is 6.95. The van der Waals surface area contributed by atoms with Gasteiger partial charge in [-0.05, 0) is 29.6 Å². The first kappa shape index (κ1) is 20.9. The van der Waals surface area contributed by atoms with E-state index >= 15 is 0 Å². The van der Waals surface area contributed by atoms with Gasteiger partial charge in [-0.3, -0.25) is 14.4 Å². The molecule has 154 valence electrons. The molecular formula is C20H24FN4O3S+. The highest BCUT2D eigenvalue weighted by atomic mass is 32.1. The maximum Gasteiger partial charge on any atom is 0.279 e. The number of anilines is 1. The van der Waals surface area contributed by atoms with Crippen molar-refractivity contribution in [3.05, 3.63) is 52.5 Å². The van der Waals surface area contributed by atoms with Crippen LogP contribution in [0.5, 0.6) is 0 Å². The van der Waals surface area contributed by atoms with Crippen LogP contribution in [0.2, 0.25) is 0 Å². The van der Waals surface area contributed by atoms with E-state index < -0.39 is 5.82 Å². The van der Waals surface area contributed by atoms with Crippen LogP contribution in [-0.4, -0.2) is 73.8 Å². The normalized spacial score (nSPS) is 15.1. The second-order valence-corrected chi connectivity index (χ2v) is 7.97. The Morgan fingerprint density at radius 3 is 2.45 bits per heavy atom. The Bertz CT molecular complexity index is 866. The first-order valence-corrected chi connectivity index (χ1v) is 10.3. The summed E-state index contributed by atoms with van der Waals surface area (Å²) in [6.07, 6.45) is 0. The average molecular weight is 420 g/mol. The number of nitrogens with one attached hydrogen (secondary N) is 2. The minimum atomic E-state index is -0.421. The van der Waals surface area contributed by atoms with Crippen LogP contribution in [0.1, 0.15) is 9.67 Å². The van der Waals surface area contributed by atoms with Crippen LogP contribution < -0.4 is 10.2 Å². The third-order valence-corrected chi connectivity index (χ3v) is 5.53. The molecule has 9 heteroatoms. The molecule has 2 N–H and O–H groups in total. The Balaban J connectivity index is 1.42. The van der Waals surface area contributed by atoms with Crippen LogP contribution in [0, 0.1) is 5.82 Å². The number of nitrogens with zero attached hydrogens (tertiary/aromatic N) is 2. The second-order valence-electron chi connectivity index (χ2n) is 7.02. The Labute approximate surface area is 172 Å². The summed E-state index contributed by atoms with van der Waals surface area (Å²) in [6, 6.07) is 9.33. The number of halogens is 1. The maximum atomic E-state index is 13.2. The molecule has 2 heterocycles. The van der Waals surface area contributed by atoms with Crippen molar-refractivity contribution in [3.8, 4) is 0 Å². The second kappa shape index (κ2) is 9.62. The zero-order valence-electron chi connectivity index (χ0n) is 16.2. The van der Waals surface area contributed by atoms with Gasteiger partial charge >= 0.3 is 0 Å². The number of likely N-dealkylation sites (N-methyl/N-ethyl adjacent to an activating group) is 1. The molecule has 29 heavy (non-hydrogen) atoms. The maximum absolute atomic E-state index is 13.2. The monoisotopic (exact) mass is 419 g/mol. The number of carbonyl (C=O) groups is 3. The van der Waals surface area contributed by atoms with Crippen LogP contribution in [0.15, 0.2) is 41.8 Å². The molecule has 1 unspecified atom stereocenters. The molecule has 0 radical (unpaired) electrons. The number of quaternary nitrogens is 1. The topological polar surface area (TPSA) is 74.2 Å². The van der Waals surface area contributed by atoms with Crippen molar-refractivity contribution in [2.75, 3.05) is 51.6 Å². The average Bonchev–Trinajstić information content (AvgIpc) is 3.22. The standard InChI is InChI=1S/C20H23FN4O3S/c1-23(13-18(26)22-16-5-2-4-15(21)12-16)14-19(27)24-7-9-25(10-8-24)20(28)17-6-3-11-29-17/h2-6,11-12H,7-10,13-14H2,1H3,(H,22,26)/p+1. The van der Waals surface area contributed by atoms with Gasteiger partial charge in [0.2, 0.25) is 0 Å². The molecule has 3 amide bonds. The van der Waals surface area contributed by atoms with Gasteiger partial charge in [0, 0.05) is 31.9 Å². The summed E-state index contributed by atoms with van der Waals surface area (Å²) in [5.41, 5.74) is 0.389. The van der Waals surface area contributed by atoms with E-state index in [2.05, 4.69) is 5.32 Å². The van der Waals surface area contributed by atoms with Gasteiger partial charge in [0.15, 0.2) is 13.1 Å². The zero-order valence-corrected chi connectivity index (χ0v) is 17.0. The SMILES string of the molecule is C[NH+](CC(=O)Nc1cccc(F)c1)CC(=O)N1CCN(C(=O)c2cccs2)CC1. The summed E-state index contributed by atoms with van der Waals surface area (Å²) < 4.78 is 13.2. The fourth-order valence-corrected chi connectivity index (χ4v) is 3.88. The van der Waals surface area contributed by atoms with Crippen molar-refractivity contribution >= 4 is 34.7 Å². The number of hydrogen-bond acceptors (Lipinski definition) is 4.